The first-order valence-corrected chi connectivity index (χ1v) is 7.41. The molecule has 0 bridgehead atoms. The molecular weight excluding hydrogens is 339 g/mol. The van der Waals surface area contributed by atoms with E-state index in [1.807, 2.05) is 25.1 Å². The lowest BCUT2D eigenvalue weighted by atomic mass is 10.2. The molecule has 0 atom stereocenters. The van der Waals surface area contributed by atoms with Crippen LogP contribution >= 0.6 is 23.2 Å². The fourth-order valence-corrected chi connectivity index (χ4v) is 2.26. The molecule has 0 aliphatic heterocycles. The molecule has 2 N–H and O–H groups in total. The predicted octanol–water partition coefficient (Wildman–Crippen LogP) is 3.54. The Morgan fingerprint density at radius 1 is 1.35 bits per heavy atom. The number of amides is 1. The number of hydrazone groups is 1. The van der Waals surface area contributed by atoms with E-state index in [0.717, 1.165) is 5.56 Å². The highest BCUT2D eigenvalue weighted by Gasteiger charge is 2.07. The molecule has 0 radical (unpaired) electrons. The average Bonchev–Trinajstić information content (AvgIpc) is 2.51. The first kappa shape index (κ1) is 17.1. The van der Waals surface area contributed by atoms with Crippen LogP contribution in [0.4, 0.5) is 0 Å². The van der Waals surface area contributed by atoms with Gasteiger partial charge in [0.2, 0.25) is 0 Å². The van der Waals surface area contributed by atoms with E-state index in [2.05, 4.69) is 10.5 Å². The summed E-state index contributed by atoms with van der Waals surface area (Å²) >= 11 is 11.6. The Balaban J connectivity index is 1.91. The Kier molecular flexibility index (Phi) is 5.84. The van der Waals surface area contributed by atoms with E-state index in [1.54, 1.807) is 6.07 Å². The highest BCUT2D eigenvalue weighted by molar-refractivity contribution is 6.36. The number of nitrogens with zero attached hydrogens (tertiary/aromatic N) is 1. The number of aromatic hydroxyl groups is 1. The summed E-state index contributed by atoms with van der Waals surface area (Å²) in [5.74, 6) is 0.0354. The van der Waals surface area contributed by atoms with Crippen LogP contribution < -0.4 is 10.2 Å². The number of rotatable bonds is 5. The molecule has 120 valence electrons. The zero-order chi connectivity index (χ0) is 16.8. The smallest absolute Gasteiger partial charge is 0.277 e. The maximum absolute atomic E-state index is 11.7. The lowest BCUT2D eigenvalue weighted by molar-refractivity contribution is -0.123. The van der Waals surface area contributed by atoms with Gasteiger partial charge in [0.15, 0.2) is 6.61 Å². The number of phenols is 1. The van der Waals surface area contributed by atoms with Crippen molar-refractivity contribution in [2.45, 2.75) is 6.92 Å². The Morgan fingerprint density at radius 2 is 2.09 bits per heavy atom. The molecule has 0 saturated carbocycles. The van der Waals surface area contributed by atoms with Gasteiger partial charge in [-0.15, -0.1) is 0 Å². The van der Waals surface area contributed by atoms with Crippen molar-refractivity contribution in [2.24, 2.45) is 5.10 Å². The molecule has 7 heteroatoms. The third kappa shape index (κ3) is 4.87. The summed E-state index contributed by atoms with van der Waals surface area (Å²) in [7, 11) is 0. The minimum Gasteiger partial charge on any atom is -0.506 e. The predicted molar refractivity (Wildman–Crippen MR) is 90.5 cm³/mol. The Labute approximate surface area is 143 Å². The van der Waals surface area contributed by atoms with Gasteiger partial charge in [0.05, 0.1) is 11.2 Å². The maximum atomic E-state index is 11.7. The first-order chi connectivity index (χ1) is 11.0. The van der Waals surface area contributed by atoms with Crippen molar-refractivity contribution in [1.29, 1.82) is 0 Å². The molecule has 0 fully saturated rings. The van der Waals surface area contributed by atoms with Crippen LogP contribution in [0.25, 0.3) is 0 Å². The molecule has 0 spiro atoms. The van der Waals surface area contributed by atoms with Crippen LogP contribution in [0.5, 0.6) is 11.5 Å². The number of hydrogen-bond donors (Lipinski definition) is 2. The molecule has 2 aromatic carbocycles. The summed E-state index contributed by atoms with van der Waals surface area (Å²) in [6.45, 7) is 1.71. The lowest BCUT2D eigenvalue weighted by Crippen LogP contribution is -2.24. The van der Waals surface area contributed by atoms with E-state index >= 15 is 0 Å². The highest BCUT2D eigenvalue weighted by Crippen LogP contribution is 2.29. The number of nitrogens with one attached hydrogen (secondary N) is 1. The van der Waals surface area contributed by atoms with Gasteiger partial charge >= 0.3 is 0 Å². The second kappa shape index (κ2) is 7.85. The van der Waals surface area contributed by atoms with Crippen molar-refractivity contribution < 1.29 is 14.6 Å². The standard InChI is InChI=1S/C16H14Cl2N2O3/c1-10-4-2-3-5-14(10)23-9-15(21)20-19-8-11-6-12(17)7-13(18)16(11)22/h2-8,22H,9H2,1H3,(H,20,21). The van der Waals surface area contributed by atoms with Gasteiger partial charge in [-0.05, 0) is 30.7 Å². The quantitative estimate of drug-likeness (QED) is 0.638. The number of carbonyl (C=O) groups is 1. The summed E-state index contributed by atoms with van der Waals surface area (Å²) in [5, 5.41) is 13.9. The molecule has 0 unspecified atom stereocenters. The van der Waals surface area contributed by atoms with Crippen LogP contribution in [0, 0.1) is 6.92 Å². The van der Waals surface area contributed by atoms with Crippen LogP contribution in [0.1, 0.15) is 11.1 Å². The van der Waals surface area contributed by atoms with Gasteiger partial charge in [-0.1, -0.05) is 41.4 Å². The zero-order valence-electron chi connectivity index (χ0n) is 12.2. The number of hydrogen-bond acceptors (Lipinski definition) is 4. The van der Waals surface area contributed by atoms with E-state index in [0.29, 0.717) is 16.3 Å². The minimum atomic E-state index is -0.433. The Morgan fingerprint density at radius 3 is 2.83 bits per heavy atom. The summed E-state index contributed by atoms with van der Waals surface area (Å²) in [6, 6.07) is 10.3. The van der Waals surface area contributed by atoms with E-state index in [1.165, 1.54) is 18.3 Å². The molecule has 0 aliphatic rings. The third-order valence-electron chi connectivity index (χ3n) is 2.90. The van der Waals surface area contributed by atoms with Crippen molar-refractivity contribution in [1.82, 2.24) is 5.43 Å². The monoisotopic (exact) mass is 352 g/mol. The fourth-order valence-electron chi connectivity index (χ4n) is 1.75. The van der Waals surface area contributed by atoms with E-state index in [9.17, 15) is 9.90 Å². The van der Waals surface area contributed by atoms with Crippen LogP contribution in [-0.4, -0.2) is 23.8 Å². The number of halogens is 2. The van der Waals surface area contributed by atoms with Crippen molar-refractivity contribution in [3.05, 3.63) is 57.6 Å². The number of para-hydroxylation sites is 1. The molecule has 5 nitrogen and oxygen atoms in total. The SMILES string of the molecule is Cc1ccccc1OCC(=O)NN=Cc1cc(Cl)cc(Cl)c1O. The number of phenolic OH excluding ortho intramolecular Hbond substituents is 1. The summed E-state index contributed by atoms with van der Waals surface area (Å²) in [5.41, 5.74) is 3.52. The maximum Gasteiger partial charge on any atom is 0.277 e. The molecular formula is C16H14Cl2N2O3. The number of ether oxygens (including phenoxy) is 1. The van der Waals surface area contributed by atoms with Gasteiger partial charge in [-0.3, -0.25) is 4.79 Å². The van der Waals surface area contributed by atoms with Crippen molar-refractivity contribution in [2.75, 3.05) is 6.61 Å². The number of carbonyl (C=O) groups excluding carboxylic acids is 1. The van der Waals surface area contributed by atoms with E-state index in [4.69, 9.17) is 27.9 Å². The minimum absolute atomic E-state index is 0.105. The number of aryl methyl sites for hydroxylation is 1. The van der Waals surface area contributed by atoms with Gasteiger partial charge < -0.3 is 9.84 Å². The molecule has 1 amide bonds. The van der Waals surface area contributed by atoms with Crippen molar-refractivity contribution in [3.63, 3.8) is 0 Å². The van der Waals surface area contributed by atoms with Crippen LogP contribution in [0.15, 0.2) is 41.5 Å². The van der Waals surface area contributed by atoms with Crippen LogP contribution in [0.2, 0.25) is 10.0 Å². The summed E-state index contributed by atoms with van der Waals surface area (Å²) in [4.78, 5) is 11.7. The van der Waals surface area contributed by atoms with Gasteiger partial charge in [0.1, 0.15) is 11.5 Å². The molecule has 2 aromatic rings. The van der Waals surface area contributed by atoms with Gasteiger partial charge in [-0.2, -0.15) is 5.10 Å². The molecule has 0 heterocycles. The summed E-state index contributed by atoms with van der Waals surface area (Å²) in [6.07, 6.45) is 1.25. The molecule has 0 saturated heterocycles. The highest BCUT2D eigenvalue weighted by atomic mass is 35.5. The fraction of sp³-hybridized carbons (Fsp3) is 0.125. The first-order valence-electron chi connectivity index (χ1n) is 6.65. The average molecular weight is 353 g/mol. The second-order valence-corrected chi connectivity index (χ2v) is 5.52. The molecule has 0 aliphatic carbocycles. The Bertz CT molecular complexity index is 748. The largest absolute Gasteiger partial charge is 0.506 e. The van der Waals surface area contributed by atoms with E-state index < -0.39 is 5.91 Å². The van der Waals surface area contributed by atoms with E-state index in [-0.39, 0.29) is 17.4 Å². The normalized spacial score (nSPS) is 10.7. The van der Waals surface area contributed by atoms with Crippen LogP contribution in [-0.2, 0) is 4.79 Å². The molecule has 0 aromatic heterocycles. The lowest BCUT2D eigenvalue weighted by Gasteiger charge is -2.07. The molecule has 2 rings (SSSR count). The van der Waals surface area contributed by atoms with Gasteiger partial charge in [0, 0.05) is 10.6 Å². The second-order valence-electron chi connectivity index (χ2n) is 4.67. The topological polar surface area (TPSA) is 70.9 Å². The molecule has 23 heavy (non-hydrogen) atoms. The van der Waals surface area contributed by atoms with Crippen molar-refractivity contribution >= 4 is 35.3 Å². The third-order valence-corrected chi connectivity index (χ3v) is 3.41. The summed E-state index contributed by atoms with van der Waals surface area (Å²) < 4.78 is 5.39. The van der Waals surface area contributed by atoms with Crippen LogP contribution in [0.3, 0.4) is 0 Å². The van der Waals surface area contributed by atoms with Crippen molar-refractivity contribution in [3.8, 4) is 11.5 Å². The van der Waals surface area contributed by atoms with Gasteiger partial charge in [0.25, 0.3) is 5.91 Å². The Hall–Kier alpha value is -2.24. The zero-order valence-corrected chi connectivity index (χ0v) is 13.7. The number of benzene rings is 2. The van der Waals surface area contributed by atoms with Gasteiger partial charge in [-0.25, -0.2) is 5.43 Å².